The van der Waals surface area contributed by atoms with Crippen molar-refractivity contribution in [1.82, 2.24) is 20.5 Å². The van der Waals surface area contributed by atoms with E-state index in [0.29, 0.717) is 25.8 Å². The zero-order valence-electron chi connectivity index (χ0n) is 15.8. The van der Waals surface area contributed by atoms with Gasteiger partial charge in [0.1, 0.15) is 6.04 Å². The number of carbonyl (C=O) groups excluding carboxylic acids is 2. The highest BCUT2D eigenvalue weighted by Gasteiger charge is 2.36. The molecule has 28 heavy (non-hydrogen) atoms. The lowest BCUT2D eigenvalue weighted by molar-refractivity contribution is -0.131. The van der Waals surface area contributed by atoms with Gasteiger partial charge in [0, 0.05) is 18.2 Å². The van der Waals surface area contributed by atoms with Gasteiger partial charge in [-0.1, -0.05) is 12.0 Å². The smallest absolute Gasteiger partial charge is 0.238 e. The zero-order chi connectivity index (χ0) is 19.9. The molecule has 1 aliphatic heterocycles. The molecule has 7 heteroatoms. The summed E-state index contributed by atoms with van der Waals surface area (Å²) in [5, 5.41) is 15.4. The summed E-state index contributed by atoms with van der Waals surface area (Å²) in [7, 11) is 0. The molecule has 146 valence electrons. The second-order valence-electron chi connectivity index (χ2n) is 7.33. The van der Waals surface area contributed by atoms with Crippen LogP contribution in [0.2, 0.25) is 0 Å². The Morgan fingerprint density at radius 1 is 1.25 bits per heavy atom. The predicted octanol–water partition coefficient (Wildman–Crippen LogP) is 0.972. The number of nitrogens with one attached hydrogen (secondary N) is 2. The Balaban J connectivity index is 1.43. The van der Waals surface area contributed by atoms with E-state index >= 15 is 0 Å². The normalized spacial score (nSPS) is 26.4. The van der Waals surface area contributed by atoms with Gasteiger partial charge < -0.3 is 15.5 Å². The van der Waals surface area contributed by atoms with Crippen LogP contribution in [0.1, 0.15) is 37.8 Å². The summed E-state index contributed by atoms with van der Waals surface area (Å²) in [6.45, 7) is 0.564. The molecule has 0 spiro atoms. The van der Waals surface area contributed by atoms with E-state index in [1.807, 2.05) is 18.2 Å². The number of aromatic nitrogens is 1. The number of carbonyl (C=O) groups is 2. The first-order chi connectivity index (χ1) is 13.6. The van der Waals surface area contributed by atoms with Gasteiger partial charge in [-0.3, -0.25) is 14.6 Å². The highest BCUT2D eigenvalue weighted by atomic mass is 16.2. The van der Waals surface area contributed by atoms with E-state index in [0.717, 1.165) is 18.5 Å². The number of terminal acetylenes is 1. The van der Waals surface area contributed by atoms with Gasteiger partial charge >= 0.3 is 0 Å². The van der Waals surface area contributed by atoms with Gasteiger partial charge in [0.15, 0.2) is 0 Å². The summed E-state index contributed by atoms with van der Waals surface area (Å²) < 4.78 is 0. The molecule has 0 aromatic carbocycles. The molecule has 3 rings (SSSR count). The molecular formula is C21H25N5O2. The van der Waals surface area contributed by atoms with Crippen LogP contribution in [0.15, 0.2) is 24.4 Å². The molecule has 2 amide bonds. The molecule has 7 nitrogen and oxygen atoms in total. The number of rotatable bonds is 6. The Morgan fingerprint density at radius 2 is 2.07 bits per heavy atom. The van der Waals surface area contributed by atoms with Crippen LogP contribution in [0, 0.1) is 29.6 Å². The van der Waals surface area contributed by atoms with Crippen LogP contribution in [0.3, 0.4) is 0 Å². The number of amides is 2. The fourth-order valence-electron chi connectivity index (χ4n) is 4.00. The van der Waals surface area contributed by atoms with Gasteiger partial charge in [-0.15, -0.1) is 6.42 Å². The Morgan fingerprint density at radius 3 is 2.79 bits per heavy atom. The summed E-state index contributed by atoms with van der Waals surface area (Å²) in [5.41, 5.74) is 0.829. The predicted molar refractivity (Wildman–Crippen MR) is 103 cm³/mol. The van der Waals surface area contributed by atoms with E-state index in [-0.39, 0.29) is 36.4 Å². The molecule has 1 aromatic heterocycles. The van der Waals surface area contributed by atoms with Crippen LogP contribution in [0.5, 0.6) is 0 Å². The van der Waals surface area contributed by atoms with Gasteiger partial charge in [0.25, 0.3) is 0 Å². The first-order valence-corrected chi connectivity index (χ1v) is 9.70. The van der Waals surface area contributed by atoms with Crippen LogP contribution < -0.4 is 10.6 Å². The lowest BCUT2D eigenvalue weighted by atomic mass is 10.1. The van der Waals surface area contributed by atoms with E-state index in [4.69, 9.17) is 6.42 Å². The third-order valence-electron chi connectivity index (χ3n) is 5.53. The molecule has 1 aliphatic carbocycles. The van der Waals surface area contributed by atoms with Crippen LogP contribution >= 0.6 is 0 Å². The lowest BCUT2D eigenvalue weighted by Gasteiger charge is -2.25. The molecule has 1 saturated heterocycles. The second-order valence-corrected chi connectivity index (χ2v) is 7.33. The molecule has 1 aromatic rings. The average molecular weight is 379 g/mol. The van der Waals surface area contributed by atoms with Crippen molar-refractivity contribution in [3.8, 4) is 18.4 Å². The van der Waals surface area contributed by atoms with Gasteiger partial charge in [0.05, 0.1) is 30.9 Å². The summed E-state index contributed by atoms with van der Waals surface area (Å²) in [6, 6.07) is 7.14. The Kier molecular flexibility index (Phi) is 6.62. The molecular weight excluding hydrogens is 354 g/mol. The second kappa shape index (κ2) is 9.34. The fraction of sp³-hybridized carbons (Fsp3) is 0.524. The van der Waals surface area contributed by atoms with E-state index in [9.17, 15) is 14.9 Å². The maximum Gasteiger partial charge on any atom is 0.238 e. The molecule has 0 unspecified atom stereocenters. The van der Waals surface area contributed by atoms with E-state index in [2.05, 4.69) is 27.6 Å². The highest BCUT2D eigenvalue weighted by molar-refractivity contribution is 5.80. The number of pyridine rings is 1. The van der Waals surface area contributed by atoms with Crippen molar-refractivity contribution in [2.75, 3.05) is 6.54 Å². The van der Waals surface area contributed by atoms with E-state index < -0.39 is 6.04 Å². The number of hydrogen-bond donors (Lipinski definition) is 2. The summed E-state index contributed by atoms with van der Waals surface area (Å²) in [6.07, 6.45) is 10.8. The molecule has 2 aliphatic rings. The molecule has 4 atom stereocenters. The average Bonchev–Trinajstić information content (AvgIpc) is 3.37. The van der Waals surface area contributed by atoms with Crippen LogP contribution in [-0.4, -0.2) is 46.4 Å². The monoisotopic (exact) mass is 379 g/mol. The Bertz CT molecular complexity index is 760. The lowest BCUT2D eigenvalue weighted by Crippen LogP contribution is -2.46. The fourth-order valence-corrected chi connectivity index (χ4v) is 4.00. The number of hydrogen-bond acceptors (Lipinski definition) is 5. The van der Waals surface area contributed by atoms with Gasteiger partial charge in [-0.25, -0.2) is 0 Å². The van der Waals surface area contributed by atoms with E-state index in [1.165, 1.54) is 4.90 Å². The largest absolute Gasteiger partial charge is 0.350 e. The van der Waals surface area contributed by atoms with Gasteiger partial charge in [0.2, 0.25) is 11.8 Å². The Hall–Kier alpha value is -2.90. The summed E-state index contributed by atoms with van der Waals surface area (Å²) in [4.78, 5) is 30.6. The maximum absolute atomic E-state index is 12.5. The molecule has 0 radical (unpaired) electrons. The third kappa shape index (κ3) is 4.68. The Labute approximate surface area is 165 Å². The van der Waals surface area contributed by atoms with Crippen molar-refractivity contribution < 1.29 is 9.59 Å². The minimum atomic E-state index is -0.441. The molecule has 1 saturated carbocycles. The quantitative estimate of drug-likeness (QED) is 0.718. The molecule has 2 fully saturated rings. The molecule has 0 bridgehead atoms. The van der Waals surface area contributed by atoms with Crippen LogP contribution in [0.4, 0.5) is 0 Å². The third-order valence-corrected chi connectivity index (χ3v) is 5.53. The van der Waals surface area contributed by atoms with Gasteiger partial charge in [-0.05, 0) is 44.2 Å². The minimum Gasteiger partial charge on any atom is -0.350 e. The maximum atomic E-state index is 12.5. The van der Waals surface area contributed by atoms with Crippen molar-refractivity contribution in [3.05, 3.63) is 30.1 Å². The number of nitriles is 1. The minimum absolute atomic E-state index is 0.0257. The van der Waals surface area contributed by atoms with Crippen LogP contribution in [-0.2, 0) is 16.1 Å². The van der Waals surface area contributed by atoms with Crippen molar-refractivity contribution in [2.45, 2.75) is 56.8 Å². The van der Waals surface area contributed by atoms with Crippen molar-refractivity contribution in [1.29, 1.82) is 5.26 Å². The zero-order valence-corrected chi connectivity index (χ0v) is 15.8. The number of nitrogens with zero attached hydrogens (tertiary/aromatic N) is 3. The summed E-state index contributed by atoms with van der Waals surface area (Å²) >= 11 is 0. The van der Waals surface area contributed by atoms with Crippen molar-refractivity contribution in [3.63, 3.8) is 0 Å². The van der Waals surface area contributed by atoms with Crippen molar-refractivity contribution >= 4 is 11.8 Å². The number of likely N-dealkylation sites (tertiary alicyclic amines) is 1. The highest BCUT2D eigenvalue weighted by Crippen LogP contribution is 2.26. The molecule has 2 N–H and O–H groups in total. The summed E-state index contributed by atoms with van der Waals surface area (Å²) in [5.74, 6) is 2.43. The first kappa shape index (κ1) is 19.9. The topological polar surface area (TPSA) is 98.1 Å². The van der Waals surface area contributed by atoms with Crippen LogP contribution in [0.25, 0.3) is 0 Å². The molecule has 2 heterocycles. The van der Waals surface area contributed by atoms with E-state index in [1.54, 1.807) is 6.20 Å². The van der Waals surface area contributed by atoms with Gasteiger partial charge in [-0.2, -0.15) is 5.26 Å². The SMILES string of the molecule is C#C[C@H]1CC[C@@H](C#N)N1C(=O)CN[C@@H]1CC[C@H](C(=O)NCc2ccccn2)C1. The standard InChI is InChI=1S/C21H25N5O2/c1-2-18-8-9-19(12-22)26(18)20(27)14-24-16-7-6-15(11-16)21(28)25-13-17-5-3-4-10-23-17/h1,3-5,10,15-16,18-19,24H,6-9,11,13-14H2,(H,25,28)/t15-,16+,18-,19-/m0/s1. The first-order valence-electron chi connectivity index (χ1n) is 9.70. The van der Waals surface area contributed by atoms with Crippen molar-refractivity contribution in [2.24, 2.45) is 5.92 Å².